The van der Waals surface area contributed by atoms with Crippen LogP contribution in [-0.2, 0) is 0 Å². The summed E-state index contributed by atoms with van der Waals surface area (Å²) in [4.78, 5) is 0. The van der Waals surface area contributed by atoms with Gasteiger partial charge in [0, 0.05) is 6.07 Å². The predicted octanol–water partition coefficient (Wildman–Crippen LogP) is 2.33. The summed E-state index contributed by atoms with van der Waals surface area (Å²) in [6.07, 6.45) is 0. The van der Waals surface area contributed by atoms with E-state index in [2.05, 4.69) is 21.0 Å². The molecule has 0 fully saturated rings. The Bertz CT molecular complexity index is 398. The Morgan fingerprint density at radius 2 is 2.18 bits per heavy atom. The van der Waals surface area contributed by atoms with Crippen LogP contribution in [0.4, 0.5) is 0 Å². The molecule has 0 unspecified atom stereocenters. The number of nitrogens with zero attached hydrogens (tertiary/aromatic N) is 2. The van der Waals surface area contributed by atoms with Gasteiger partial charge in [0.25, 0.3) is 0 Å². The number of rotatable bonds is 0. The van der Waals surface area contributed by atoms with Crippen LogP contribution in [0.25, 0.3) is 11.0 Å². The maximum absolute atomic E-state index is 5.74. The first-order valence-corrected chi connectivity index (χ1v) is 3.52. The van der Waals surface area contributed by atoms with E-state index in [-0.39, 0.29) is 0 Å². The van der Waals surface area contributed by atoms with Gasteiger partial charge in [-0.05, 0) is 16.4 Å². The molecule has 0 aliphatic carbocycles. The van der Waals surface area contributed by atoms with Crippen molar-refractivity contribution in [3.63, 3.8) is 0 Å². The highest BCUT2D eigenvalue weighted by molar-refractivity contribution is 6.37. The molecule has 0 atom stereocenters. The van der Waals surface area contributed by atoms with Crippen LogP contribution in [-0.4, -0.2) is 10.3 Å². The summed E-state index contributed by atoms with van der Waals surface area (Å²) in [7, 11) is 0. The first-order chi connectivity index (χ1) is 5.27. The van der Waals surface area contributed by atoms with Gasteiger partial charge in [-0.15, -0.1) is 0 Å². The maximum Gasteiger partial charge on any atom is 0.154 e. The van der Waals surface area contributed by atoms with Gasteiger partial charge in [-0.2, -0.15) is 0 Å². The smallest absolute Gasteiger partial charge is 0.154 e. The van der Waals surface area contributed by atoms with Crippen molar-refractivity contribution in [2.45, 2.75) is 0 Å². The topological polar surface area (TPSA) is 38.9 Å². The van der Waals surface area contributed by atoms with E-state index >= 15 is 0 Å². The molecule has 2 aromatic rings. The molecule has 0 bridgehead atoms. The van der Waals surface area contributed by atoms with Gasteiger partial charge in [-0.25, -0.2) is 4.63 Å². The highest BCUT2D eigenvalue weighted by atomic mass is 35.5. The SMILES string of the molecule is Clc1[c]c2nonc2c(Cl)c1. The summed E-state index contributed by atoms with van der Waals surface area (Å²) in [5.41, 5.74) is 0.929. The van der Waals surface area contributed by atoms with Crippen LogP contribution in [0, 0.1) is 6.07 Å². The number of benzene rings is 1. The molecule has 0 amide bonds. The van der Waals surface area contributed by atoms with E-state index in [9.17, 15) is 0 Å². The third-order valence-corrected chi connectivity index (χ3v) is 1.70. The zero-order chi connectivity index (χ0) is 7.84. The third kappa shape index (κ3) is 1.06. The minimum absolute atomic E-state index is 0.401. The Kier molecular flexibility index (Phi) is 1.47. The molecule has 1 heterocycles. The average Bonchev–Trinajstić information content (AvgIpc) is 2.34. The van der Waals surface area contributed by atoms with E-state index in [0.717, 1.165) is 0 Å². The first kappa shape index (κ1) is 6.88. The molecule has 1 radical (unpaired) electrons. The Hall–Kier alpha value is -0.800. The molecule has 1 aromatic carbocycles. The number of halogens is 2. The molecule has 3 nitrogen and oxygen atoms in total. The predicted molar refractivity (Wildman–Crippen MR) is 40.7 cm³/mol. The Morgan fingerprint density at radius 3 is 3.00 bits per heavy atom. The van der Waals surface area contributed by atoms with Gasteiger partial charge in [0.05, 0.1) is 10.0 Å². The molecule has 0 saturated heterocycles. The van der Waals surface area contributed by atoms with E-state index in [1.54, 1.807) is 0 Å². The molecule has 0 aliphatic heterocycles. The zero-order valence-corrected chi connectivity index (χ0v) is 6.65. The van der Waals surface area contributed by atoms with Crippen molar-refractivity contribution in [2.75, 3.05) is 0 Å². The lowest BCUT2D eigenvalue weighted by atomic mass is 10.3. The largest absolute Gasteiger partial charge is 0.243 e. The Balaban J connectivity index is 2.91. The van der Waals surface area contributed by atoms with Crippen molar-refractivity contribution in [1.29, 1.82) is 0 Å². The summed E-state index contributed by atoms with van der Waals surface area (Å²) in [5, 5.41) is 7.90. The molecule has 55 valence electrons. The average molecular weight is 188 g/mol. The van der Waals surface area contributed by atoms with Crippen LogP contribution < -0.4 is 0 Å². The first-order valence-electron chi connectivity index (χ1n) is 2.77. The highest BCUT2D eigenvalue weighted by Crippen LogP contribution is 2.24. The van der Waals surface area contributed by atoms with Crippen LogP contribution in [0.3, 0.4) is 0 Å². The van der Waals surface area contributed by atoms with Crippen molar-refractivity contribution < 1.29 is 4.63 Å². The van der Waals surface area contributed by atoms with Crippen molar-refractivity contribution in [3.8, 4) is 0 Å². The Morgan fingerprint density at radius 1 is 1.36 bits per heavy atom. The molecule has 0 spiro atoms. The van der Waals surface area contributed by atoms with Crippen molar-refractivity contribution >= 4 is 34.2 Å². The van der Waals surface area contributed by atoms with Crippen LogP contribution in [0.15, 0.2) is 10.7 Å². The maximum atomic E-state index is 5.74. The normalized spacial score (nSPS) is 10.7. The van der Waals surface area contributed by atoms with E-state index < -0.39 is 0 Å². The standard InChI is InChI=1S/C6HCl2N2O/c7-3-1-4(8)6-5(2-3)9-11-10-6/h1H. The molecule has 1 aromatic heterocycles. The minimum atomic E-state index is 0.401. The lowest BCUT2D eigenvalue weighted by Gasteiger charge is -1.88. The minimum Gasteiger partial charge on any atom is -0.243 e. The fraction of sp³-hybridized carbons (Fsp3) is 0. The summed E-state index contributed by atoms with van der Waals surface area (Å²) >= 11 is 11.4. The number of hydrogen-bond acceptors (Lipinski definition) is 3. The van der Waals surface area contributed by atoms with Gasteiger partial charge in [-0.3, -0.25) is 0 Å². The molecular weight excluding hydrogens is 187 g/mol. The molecule has 2 rings (SSSR count). The van der Waals surface area contributed by atoms with E-state index in [1.807, 2.05) is 0 Å². The fourth-order valence-electron chi connectivity index (χ4n) is 0.756. The van der Waals surface area contributed by atoms with Crippen LogP contribution in [0.5, 0.6) is 0 Å². The number of hydrogen-bond donors (Lipinski definition) is 0. The number of fused-ring (bicyclic) bond motifs is 1. The van der Waals surface area contributed by atoms with Crippen LogP contribution >= 0.6 is 23.2 Å². The molecule has 0 saturated carbocycles. The second kappa shape index (κ2) is 2.36. The van der Waals surface area contributed by atoms with Gasteiger partial charge in [0.1, 0.15) is 5.52 Å². The summed E-state index contributed by atoms with van der Waals surface area (Å²) in [5.74, 6) is 0. The quantitative estimate of drug-likeness (QED) is 0.636. The van der Waals surface area contributed by atoms with Gasteiger partial charge in [0.15, 0.2) is 5.52 Å². The second-order valence-electron chi connectivity index (χ2n) is 1.93. The fourth-order valence-corrected chi connectivity index (χ4v) is 1.24. The highest BCUT2D eigenvalue weighted by Gasteiger charge is 2.06. The molecule has 5 heteroatoms. The summed E-state index contributed by atoms with van der Waals surface area (Å²) in [6.45, 7) is 0. The van der Waals surface area contributed by atoms with Crippen molar-refractivity contribution in [1.82, 2.24) is 10.3 Å². The summed E-state index contributed by atoms with van der Waals surface area (Å²) < 4.78 is 4.43. The van der Waals surface area contributed by atoms with E-state index in [4.69, 9.17) is 23.2 Å². The van der Waals surface area contributed by atoms with Gasteiger partial charge in [0.2, 0.25) is 0 Å². The van der Waals surface area contributed by atoms with Crippen molar-refractivity contribution in [3.05, 3.63) is 22.2 Å². The lowest BCUT2D eigenvalue weighted by Crippen LogP contribution is -1.72. The molecule has 0 aliphatic rings. The second-order valence-corrected chi connectivity index (χ2v) is 2.74. The summed E-state index contributed by atoms with van der Waals surface area (Å²) in [6, 6.07) is 4.26. The molecular formula is C6HCl2N2O. The van der Waals surface area contributed by atoms with Gasteiger partial charge >= 0.3 is 0 Å². The Labute approximate surface area is 71.9 Å². The number of aromatic nitrogens is 2. The van der Waals surface area contributed by atoms with Crippen LogP contribution in [0.1, 0.15) is 0 Å². The molecule has 11 heavy (non-hydrogen) atoms. The third-order valence-electron chi connectivity index (χ3n) is 1.21. The molecule has 0 N–H and O–H groups in total. The van der Waals surface area contributed by atoms with Crippen molar-refractivity contribution in [2.24, 2.45) is 0 Å². The zero-order valence-electron chi connectivity index (χ0n) is 5.14. The van der Waals surface area contributed by atoms with E-state index in [0.29, 0.717) is 21.1 Å². The van der Waals surface area contributed by atoms with Gasteiger partial charge in [-0.1, -0.05) is 23.2 Å². The van der Waals surface area contributed by atoms with Crippen LogP contribution in [0.2, 0.25) is 10.0 Å². The van der Waals surface area contributed by atoms with E-state index in [1.165, 1.54) is 6.07 Å². The monoisotopic (exact) mass is 187 g/mol. The van der Waals surface area contributed by atoms with Gasteiger partial charge < -0.3 is 0 Å². The lowest BCUT2D eigenvalue weighted by molar-refractivity contribution is 0.315.